The summed E-state index contributed by atoms with van der Waals surface area (Å²) in [5.74, 6) is -1.36. The van der Waals surface area contributed by atoms with Gasteiger partial charge in [0.05, 0.1) is 5.92 Å². The molecule has 1 aromatic carbocycles. The molecule has 1 saturated carbocycles. The largest absolute Gasteiger partial charge is 0.481 e. The van der Waals surface area contributed by atoms with E-state index in [-0.39, 0.29) is 23.8 Å². The van der Waals surface area contributed by atoms with Crippen molar-refractivity contribution in [2.75, 3.05) is 6.54 Å². The van der Waals surface area contributed by atoms with E-state index in [4.69, 9.17) is 5.11 Å². The lowest BCUT2D eigenvalue weighted by Gasteiger charge is -2.12. The van der Waals surface area contributed by atoms with Gasteiger partial charge in [-0.05, 0) is 37.8 Å². The van der Waals surface area contributed by atoms with Crippen LogP contribution in [-0.4, -0.2) is 35.5 Å². The van der Waals surface area contributed by atoms with Crippen molar-refractivity contribution in [2.24, 2.45) is 5.92 Å². The normalized spacial score (nSPS) is 20.0. The Balaban J connectivity index is 1.60. The Bertz CT molecular complexity index is 559. The number of aliphatic carboxylic acids is 1. The maximum Gasteiger partial charge on any atom is 0.306 e. The van der Waals surface area contributed by atoms with Gasteiger partial charge in [-0.3, -0.25) is 14.4 Å². The van der Waals surface area contributed by atoms with Crippen LogP contribution >= 0.6 is 0 Å². The van der Waals surface area contributed by atoms with Crippen LogP contribution in [0.25, 0.3) is 0 Å². The van der Waals surface area contributed by atoms with Gasteiger partial charge in [-0.15, -0.1) is 0 Å². The SMILES string of the molecule is O=C(CCCNC(=O)c1ccccc1)N[C@@H]1CC[C@H](C(=O)O)C1. The number of carboxylic acid groups (broad SMARTS) is 1. The monoisotopic (exact) mass is 318 g/mol. The molecule has 2 rings (SSSR count). The second kappa shape index (κ2) is 8.31. The molecule has 3 N–H and O–H groups in total. The summed E-state index contributed by atoms with van der Waals surface area (Å²) in [5, 5.41) is 14.6. The fourth-order valence-electron chi connectivity index (χ4n) is 2.78. The summed E-state index contributed by atoms with van der Waals surface area (Å²) in [6, 6.07) is 8.88. The summed E-state index contributed by atoms with van der Waals surface area (Å²) in [7, 11) is 0. The van der Waals surface area contributed by atoms with E-state index >= 15 is 0 Å². The molecule has 0 bridgehead atoms. The van der Waals surface area contributed by atoms with Gasteiger partial charge in [0.1, 0.15) is 0 Å². The zero-order chi connectivity index (χ0) is 16.7. The summed E-state index contributed by atoms with van der Waals surface area (Å²) in [5.41, 5.74) is 0.600. The van der Waals surface area contributed by atoms with Gasteiger partial charge < -0.3 is 15.7 Å². The van der Waals surface area contributed by atoms with E-state index in [1.165, 1.54) is 0 Å². The number of rotatable bonds is 7. The van der Waals surface area contributed by atoms with Crippen molar-refractivity contribution in [3.63, 3.8) is 0 Å². The fourth-order valence-corrected chi connectivity index (χ4v) is 2.78. The number of carboxylic acids is 1. The molecule has 1 aliphatic rings. The zero-order valence-corrected chi connectivity index (χ0v) is 13.0. The zero-order valence-electron chi connectivity index (χ0n) is 13.0. The molecule has 0 aliphatic heterocycles. The maximum atomic E-state index is 11.8. The standard InChI is InChI=1S/C17H22N2O4/c20-15(19-14-9-8-13(11-14)17(22)23)7-4-10-18-16(21)12-5-2-1-3-6-12/h1-3,5-6,13-14H,4,7-11H2,(H,18,21)(H,19,20)(H,22,23)/t13-,14+/m0/s1. The summed E-state index contributed by atoms with van der Waals surface area (Å²) in [4.78, 5) is 34.5. The van der Waals surface area contributed by atoms with E-state index in [0.29, 0.717) is 44.2 Å². The van der Waals surface area contributed by atoms with E-state index in [1.54, 1.807) is 24.3 Å². The lowest BCUT2D eigenvalue weighted by molar-refractivity contribution is -0.141. The minimum atomic E-state index is -0.787. The molecule has 6 heteroatoms. The van der Waals surface area contributed by atoms with Crippen LogP contribution in [0.4, 0.5) is 0 Å². The summed E-state index contributed by atoms with van der Waals surface area (Å²) < 4.78 is 0. The highest BCUT2D eigenvalue weighted by Gasteiger charge is 2.30. The van der Waals surface area contributed by atoms with Gasteiger partial charge in [0, 0.05) is 24.6 Å². The fraction of sp³-hybridized carbons (Fsp3) is 0.471. The number of hydrogen-bond donors (Lipinski definition) is 3. The number of nitrogens with one attached hydrogen (secondary N) is 2. The number of hydrogen-bond acceptors (Lipinski definition) is 3. The van der Waals surface area contributed by atoms with E-state index in [1.807, 2.05) is 6.07 Å². The molecular formula is C17H22N2O4. The quantitative estimate of drug-likeness (QED) is 0.665. The lowest BCUT2D eigenvalue weighted by atomic mass is 10.1. The van der Waals surface area contributed by atoms with E-state index in [9.17, 15) is 14.4 Å². The van der Waals surface area contributed by atoms with E-state index < -0.39 is 5.97 Å². The van der Waals surface area contributed by atoms with Gasteiger partial charge >= 0.3 is 5.97 Å². The molecule has 0 heterocycles. The molecule has 124 valence electrons. The molecule has 1 fully saturated rings. The van der Waals surface area contributed by atoms with E-state index in [0.717, 1.165) is 0 Å². The second-order valence-electron chi connectivity index (χ2n) is 5.84. The average molecular weight is 318 g/mol. The molecule has 0 radical (unpaired) electrons. The lowest BCUT2D eigenvalue weighted by Crippen LogP contribution is -2.34. The van der Waals surface area contributed by atoms with Gasteiger partial charge in [-0.25, -0.2) is 0 Å². The topological polar surface area (TPSA) is 95.5 Å². The smallest absolute Gasteiger partial charge is 0.306 e. The van der Waals surface area contributed by atoms with Crippen molar-refractivity contribution in [3.8, 4) is 0 Å². The first-order chi connectivity index (χ1) is 11.1. The van der Waals surface area contributed by atoms with Gasteiger partial charge in [0.25, 0.3) is 5.91 Å². The van der Waals surface area contributed by atoms with Crippen molar-refractivity contribution >= 4 is 17.8 Å². The van der Waals surface area contributed by atoms with Crippen molar-refractivity contribution in [1.29, 1.82) is 0 Å². The predicted octanol–water partition coefficient (Wildman–Crippen LogP) is 1.57. The Kier molecular flexibility index (Phi) is 6.14. The molecule has 1 aromatic rings. The summed E-state index contributed by atoms with van der Waals surface area (Å²) in [6.45, 7) is 0.434. The van der Waals surface area contributed by atoms with Crippen molar-refractivity contribution < 1.29 is 19.5 Å². The maximum absolute atomic E-state index is 11.8. The van der Waals surface area contributed by atoms with Gasteiger partial charge in [0.15, 0.2) is 0 Å². The van der Waals surface area contributed by atoms with Crippen LogP contribution in [0.5, 0.6) is 0 Å². The summed E-state index contributed by atoms with van der Waals surface area (Å²) in [6.07, 6.45) is 2.72. The number of carbonyl (C=O) groups excluding carboxylic acids is 2. The number of benzene rings is 1. The molecule has 0 unspecified atom stereocenters. The van der Waals surface area contributed by atoms with E-state index in [2.05, 4.69) is 10.6 Å². The second-order valence-corrected chi connectivity index (χ2v) is 5.84. The van der Waals surface area contributed by atoms with Gasteiger partial charge in [-0.1, -0.05) is 18.2 Å². The molecule has 2 atom stereocenters. The minimum absolute atomic E-state index is 0.0393. The van der Waals surface area contributed by atoms with Crippen LogP contribution in [0.3, 0.4) is 0 Å². The van der Waals surface area contributed by atoms with Crippen LogP contribution in [0.15, 0.2) is 30.3 Å². The minimum Gasteiger partial charge on any atom is -0.481 e. The Morgan fingerprint density at radius 3 is 2.52 bits per heavy atom. The molecule has 1 aliphatic carbocycles. The molecule has 6 nitrogen and oxygen atoms in total. The molecule has 2 amide bonds. The summed E-state index contributed by atoms with van der Waals surface area (Å²) >= 11 is 0. The Morgan fingerprint density at radius 1 is 1.13 bits per heavy atom. The first-order valence-corrected chi connectivity index (χ1v) is 7.91. The number of carbonyl (C=O) groups is 3. The average Bonchev–Trinajstić information content (AvgIpc) is 3.01. The molecular weight excluding hydrogens is 296 g/mol. The van der Waals surface area contributed by atoms with Crippen molar-refractivity contribution in [1.82, 2.24) is 10.6 Å². The highest BCUT2D eigenvalue weighted by Crippen LogP contribution is 2.25. The van der Waals surface area contributed by atoms with Crippen LogP contribution in [0, 0.1) is 5.92 Å². The third-order valence-corrected chi connectivity index (χ3v) is 4.05. The molecule has 0 spiro atoms. The van der Waals surface area contributed by atoms with Gasteiger partial charge in [0.2, 0.25) is 5.91 Å². The Hall–Kier alpha value is -2.37. The van der Waals surface area contributed by atoms with Crippen LogP contribution in [0.1, 0.15) is 42.5 Å². The highest BCUT2D eigenvalue weighted by molar-refractivity contribution is 5.94. The Morgan fingerprint density at radius 2 is 1.87 bits per heavy atom. The molecule has 23 heavy (non-hydrogen) atoms. The van der Waals surface area contributed by atoms with Crippen molar-refractivity contribution in [3.05, 3.63) is 35.9 Å². The van der Waals surface area contributed by atoms with Gasteiger partial charge in [-0.2, -0.15) is 0 Å². The number of amides is 2. The van der Waals surface area contributed by atoms with Crippen LogP contribution < -0.4 is 10.6 Å². The predicted molar refractivity (Wildman–Crippen MR) is 84.9 cm³/mol. The van der Waals surface area contributed by atoms with Crippen LogP contribution in [0.2, 0.25) is 0 Å². The third-order valence-electron chi connectivity index (χ3n) is 4.05. The van der Waals surface area contributed by atoms with Crippen molar-refractivity contribution in [2.45, 2.75) is 38.1 Å². The molecule has 0 saturated heterocycles. The highest BCUT2D eigenvalue weighted by atomic mass is 16.4. The van der Waals surface area contributed by atoms with Crippen LogP contribution in [-0.2, 0) is 9.59 Å². The Labute approximate surface area is 135 Å². The first kappa shape index (κ1) is 17.0. The molecule has 0 aromatic heterocycles. The third kappa shape index (κ3) is 5.39. The first-order valence-electron chi connectivity index (χ1n) is 7.91.